The van der Waals surface area contributed by atoms with Gasteiger partial charge in [-0.25, -0.2) is 13.2 Å². The molecule has 0 spiro atoms. The van der Waals surface area contributed by atoms with Crippen molar-refractivity contribution in [2.45, 2.75) is 18.9 Å². The fourth-order valence-electron chi connectivity index (χ4n) is 2.49. The van der Waals surface area contributed by atoms with Crippen LogP contribution in [0.15, 0.2) is 36.4 Å². The van der Waals surface area contributed by atoms with Crippen molar-refractivity contribution in [1.82, 2.24) is 5.43 Å². The number of halogens is 3. The maximum absolute atomic E-state index is 13.5. The number of carbonyl (C=O) groups excluding carboxylic acids is 1. The number of hydrogen-bond donors (Lipinski definition) is 2. The van der Waals surface area contributed by atoms with Crippen molar-refractivity contribution in [3.05, 3.63) is 59.4 Å². The Kier molecular flexibility index (Phi) is 5.62. The van der Waals surface area contributed by atoms with Crippen LogP contribution in [0.5, 0.6) is 5.75 Å². The molecule has 0 unspecified atom stereocenters. The Bertz CT molecular complexity index is 778. The number of carbonyl (C=O) groups is 1. The van der Waals surface area contributed by atoms with Gasteiger partial charge in [0.25, 0.3) is 5.91 Å². The van der Waals surface area contributed by atoms with Gasteiger partial charge in [-0.05, 0) is 49.2 Å². The van der Waals surface area contributed by atoms with Crippen molar-refractivity contribution in [2.24, 2.45) is 0 Å². The molecule has 1 heterocycles. The Labute approximate surface area is 148 Å². The molecule has 2 aromatic rings. The quantitative estimate of drug-likeness (QED) is 0.608. The number of ether oxygens (including phenoxy) is 2. The fourth-order valence-corrected chi connectivity index (χ4v) is 2.49. The van der Waals surface area contributed by atoms with Gasteiger partial charge in [0, 0.05) is 12.2 Å². The van der Waals surface area contributed by atoms with Crippen LogP contribution in [0.25, 0.3) is 0 Å². The number of rotatable bonds is 6. The van der Waals surface area contributed by atoms with E-state index in [-0.39, 0.29) is 17.4 Å². The molecule has 0 aromatic heterocycles. The summed E-state index contributed by atoms with van der Waals surface area (Å²) in [5.74, 6) is -4.31. The molecule has 1 aliphatic rings. The minimum absolute atomic E-state index is 0.0909. The second-order valence-corrected chi connectivity index (χ2v) is 5.77. The Balaban J connectivity index is 1.54. The number of hydrazine groups is 1. The summed E-state index contributed by atoms with van der Waals surface area (Å²) < 4.78 is 50.6. The number of nitrogens with one attached hydrogen (secondary N) is 2. The number of anilines is 1. The van der Waals surface area contributed by atoms with Crippen LogP contribution in [0.2, 0.25) is 0 Å². The van der Waals surface area contributed by atoms with E-state index >= 15 is 0 Å². The molecule has 3 rings (SSSR count). The van der Waals surface area contributed by atoms with Gasteiger partial charge in [-0.3, -0.25) is 15.6 Å². The molecule has 0 aliphatic carbocycles. The molecule has 1 aliphatic heterocycles. The summed E-state index contributed by atoms with van der Waals surface area (Å²) in [4.78, 5) is 12.0. The van der Waals surface area contributed by atoms with E-state index in [2.05, 4.69) is 10.9 Å². The third-order valence-corrected chi connectivity index (χ3v) is 3.92. The highest BCUT2D eigenvalue weighted by molar-refractivity contribution is 5.95. The largest absolute Gasteiger partial charge is 0.491 e. The van der Waals surface area contributed by atoms with Crippen LogP contribution in [0.1, 0.15) is 23.2 Å². The highest BCUT2D eigenvalue weighted by Gasteiger charge is 2.16. The molecule has 8 heteroatoms. The number of hydrogen-bond acceptors (Lipinski definition) is 4. The van der Waals surface area contributed by atoms with Crippen molar-refractivity contribution >= 4 is 11.6 Å². The molecule has 0 saturated carbocycles. The first-order valence-electron chi connectivity index (χ1n) is 8.09. The average Bonchev–Trinajstić information content (AvgIpc) is 3.18. The van der Waals surface area contributed by atoms with Gasteiger partial charge < -0.3 is 9.47 Å². The van der Waals surface area contributed by atoms with Crippen molar-refractivity contribution in [3.8, 4) is 5.75 Å². The first-order chi connectivity index (χ1) is 12.5. The van der Waals surface area contributed by atoms with Gasteiger partial charge in [0.2, 0.25) is 0 Å². The van der Waals surface area contributed by atoms with Crippen molar-refractivity contribution in [2.75, 3.05) is 18.6 Å². The standard InChI is InChI=1S/C18H17F3N2O3/c19-14-7-8-15(17(21)16(14)20)22-23-18(24)11-3-5-12(6-4-11)26-10-13-2-1-9-25-13/h3-8,13,22H,1-2,9-10H2,(H,23,24)/t13-/m0/s1. The van der Waals surface area contributed by atoms with Gasteiger partial charge in [0.15, 0.2) is 17.5 Å². The van der Waals surface area contributed by atoms with Gasteiger partial charge in [-0.2, -0.15) is 0 Å². The monoisotopic (exact) mass is 366 g/mol. The zero-order valence-corrected chi connectivity index (χ0v) is 13.7. The van der Waals surface area contributed by atoms with Crippen LogP contribution in [-0.2, 0) is 4.74 Å². The molecule has 1 atom stereocenters. The van der Waals surface area contributed by atoms with Gasteiger partial charge in [-0.15, -0.1) is 0 Å². The van der Waals surface area contributed by atoms with E-state index in [9.17, 15) is 18.0 Å². The molecule has 5 nitrogen and oxygen atoms in total. The zero-order valence-electron chi connectivity index (χ0n) is 13.7. The molecule has 26 heavy (non-hydrogen) atoms. The average molecular weight is 366 g/mol. The number of amides is 1. The smallest absolute Gasteiger partial charge is 0.269 e. The SMILES string of the molecule is O=C(NNc1ccc(F)c(F)c1F)c1ccc(OC[C@@H]2CCCO2)cc1. The summed E-state index contributed by atoms with van der Waals surface area (Å²) in [6, 6.07) is 8.06. The van der Waals surface area contributed by atoms with Gasteiger partial charge in [0.1, 0.15) is 12.4 Å². The van der Waals surface area contributed by atoms with E-state index in [1.54, 1.807) is 12.1 Å². The summed E-state index contributed by atoms with van der Waals surface area (Å²) >= 11 is 0. The zero-order chi connectivity index (χ0) is 18.5. The highest BCUT2D eigenvalue weighted by atomic mass is 19.2. The van der Waals surface area contributed by atoms with Gasteiger partial charge in [0.05, 0.1) is 11.8 Å². The van der Waals surface area contributed by atoms with Crippen molar-refractivity contribution in [3.63, 3.8) is 0 Å². The predicted molar refractivity (Wildman–Crippen MR) is 88.3 cm³/mol. The molecule has 138 valence electrons. The van der Waals surface area contributed by atoms with Crippen LogP contribution in [-0.4, -0.2) is 25.2 Å². The van der Waals surface area contributed by atoms with E-state index in [1.807, 2.05) is 0 Å². The van der Waals surface area contributed by atoms with Crippen LogP contribution in [0.4, 0.5) is 18.9 Å². The Hall–Kier alpha value is -2.74. The second-order valence-electron chi connectivity index (χ2n) is 5.77. The lowest BCUT2D eigenvalue weighted by Crippen LogP contribution is -2.30. The second kappa shape index (κ2) is 8.09. The lowest BCUT2D eigenvalue weighted by Gasteiger charge is -2.12. The first kappa shape index (κ1) is 18.1. The summed E-state index contributed by atoms with van der Waals surface area (Å²) in [5.41, 5.74) is 4.35. The van der Waals surface area contributed by atoms with Crippen LogP contribution in [0, 0.1) is 17.5 Å². The third-order valence-electron chi connectivity index (χ3n) is 3.92. The highest BCUT2D eigenvalue weighted by Crippen LogP contribution is 2.19. The van der Waals surface area contributed by atoms with E-state index in [0.29, 0.717) is 12.4 Å². The molecule has 1 fully saturated rings. The molecule has 0 radical (unpaired) electrons. The Morgan fingerprint density at radius 1 is 1.12 bits per heavy atom. The first-order valence-corrected chi connectivity index (χ1v) is 8.09. The minimum atomic E-state index is -1.61. The normalized spacial score (nSPS) is 16.3. The fraction of sp³-hybridized carbons (Fsp3) is 0.278. The van der Waals surface area contributed by atoms with Crippen molar-refractivity contribution in [1.29, 1.82) is 0 Å². The lowest BCUT2D eigenvalue weighted by atomic mass is 10.2. The molecule has 2 aromatic carbocycles. The lowest BCUT2D eigenvalue weighted by molar-refractivity contribution is 0.0679. The maximum atomic E-state index is 13.5. The summed E-state index contributed by atoms with van der Waals surface area (Å²) in [5, 5.41) is 0. The molecular formula is C18H17F3N2O3. The topological polar surface area (TPSA) is 59.6 Å². The van der Waals surface area contributed by atoms with E-state index in [1.165, 1.54) is 12.1 Å². The third kappa shape index (κ3) is 4.26. The summed E-state index contributed by atoms with van der Waals surface area (Å²) in [6.07, 6.45) is 2.08. The van der Waals surface area contributed by atoms with Crippen molar-refractivity contribution < 1.29 is 27.4 Å². The Morgan fingerprint density at radius 2 is 1.88 bits per heavy atom. The molecule has 1 saturated heterocycles. The molecule has 2 N–H and O–H groups in total. The predicted octanol–water partition coefficient (Wildman–Crippen LogP) is 3.42. The van der Waals surface area contributed by atoms with E-state index in [0.717, 1.165) is 31.6 Å². The van der Waals surface area contributed by atoms with E-state index < -0.39 is 23.4 Å². The number of benzene rings is 2. The molecule has 0 bridgehead atoms. The van der Waals surface area contributed by atoms with Gasteiger partial charge in [-0.1, -0.05) is 0 Å². The molecule has 1 amide bonds. The van der Waals surface area contributed by atoms with Gasteiger partial charge >= 0.3 is 0 Å². The van der Waals surface area contributed by atoms with Crippen LogP contribution >= 0.6 is 0 Å². The van der Waals surface area contributed by atoms with Crippen LogP contribution < -0.4 is 15.6 Å². The Morgan fingerprint density at radius 3 is 2.58 bits per heavy atom. The summed E-state index contributed by atoms with van der Waals surface area (Å²) in [7, 11) is 0. The van der Waals surface area contributed by atoms with E-state index in [4.69, 9.17) is 9.47 Å². The minimum Gasteiger partial charge on any atom is -0.491 e. The summed E-state index contributed by atoms with van der Waals surface area (Å²) in [6.45, 7) is 1.20. The molecular weight excluding hydrogens is 349 g/mol. The maximum Gasteiger partial charge on any atom is 0.269 e. The van der Waals surface area contributed by atoms with Crippen LogP contribution in [0.3, 0.4) is 0 Å².